The van der Waals surface area contributed by atoms with Gasteiger partial charge in [0.1, 0.15) is 8.07 Å². The molecule has 0 aliphatic rings. The maximum absolute atomic E-state index is 13.3. The number of rotatable bonds is 4. The molecular formula is C23H27NO3SSi. The van der Waals surface area contributed by atoms with Gasteiger partial charge in [0.05, 0.1) is 16.0 Å². The van der Waals surface area contributed by atoms with E-state index in [2.05, 4.69) is 31.1 Å². The van der Waals surface area contributed by atoms with Gasteiger partial charge in [0.25, 0.3) is 10.0 Å². The van der Waals surface area contributed by atoms with E-state index in [9.17, 15) is 13.5 Å². The molecule has 1 heterocycles. The van der Waals surface area contributed by atoms with E-state index < -0.39 is 23.7 Å². The summed E-state index contributed by atoms with van der Waals surface area (Å²) in [7, 11) is -5.35. The minimum Gasteiger partial charge on any atom is -0.384 e. The summed E-state index contributed by atoms with van der Waals surface area (Å²) >= 11 is 0. The van der Waals surface area contributed by atoms with Gasteiger partial charge in [-0.25, -0.2) is 12.4 Å². The molecule has 3 rings (SSSR count). The van der Waals surface area contributed by atoms with Crippen LogP contribution in [0.15, 0.2) is 59.6 Å². The standard InChI is InChI=1S/C23H27NO3SSi/c1-18-11-13-19(14-12-18)28(26,27)24-17-21(20-9-6-7-10-22(20)24)23(2,25)15-8-16-29(3,4)5/h6-7,9-14,17,25H,15H2,1-5H3/t23-/m1/s1. The van der Waals surface area contributed by atoms with E-state index in [1.165, 1.54) is 10.2 Å². The summed E-state index contributed by atoms with van der Waals surface area (Å²) in [6, 6.07) is 14.0. The van der Waals surface area contributed by atoms with E-state index in [0.717, 1.165) is 5.56 Å². The normalized spacial score (nSPS) is 14.3. The lowest BCUT2D eigenvalue weighted by molar-refractivity contribution is 0.0644. The molecule has 0 radical (unpaired) electrons. The van der Waals surface area contributed by atoms with Crippen LogP contribution in [0.2, 0.25) is 19.6 Å². The molecule has 1 atom stereocenters. The van der Waals surface area contributed by atoms with Gasteiger partial charge >= 0.3 is 0 Å². The Kier molecular flexibility index (Phi) is 5.52. The van der Waals surface area contributed by atoms with Gasteiger partial charge in [-0.3, -0.25) is 0 Å². The Morgan fingerprint density at radius 2 is 1.69 bits per heavy atom. The van der Waals surface area contributed by atoms with Crippen molar-refractivity contribution in [3.05, 3.63) is 65.9 Å². The molecule has 2 aromatic carbocycles. The monoisotopic (exact) mass is 425 g/mol. The van der Waals surface area contributed by atoms with Crippen LogP contribution in [-0.4, -0.2) is 25.6 Å². The van der Waals surface area contributed by atoms with Crippen LogP contribution in [0.4, 0.5) is 0 Å². The third-order valence-corrected chi connectivity index (χ3v) is 7.35. The summed E-state index contributed by atoms with van der Waals surface area (Å²) in [5, 5.41) is 11.9. The molecule has 0 spiro atoms. The van der Waals surface area contributed by atoms with Crippen molar-refractivity contribution in [1.29, 1.82) is 0 Å². The first-order valence-corrected chi connectivity index (χ1v) is 14.5. The Morgan fingerprint density at radius 1 is 1.07 bits per heavy atom. The maximum atomic E-state index is 13.3. The molecule has 1 aromatic heterocycles. The molecule has 0 unspecified atom stereocenters. The van der Waals surface area contributed by atoms with Crippen LogP contribution >= 0.6 is 0 Å². The smallest absolute Gasteiger partial charge is 0.268 e. The van der Waals surface area contributed by atoms with Gasteiger partial charge in [-0.15, -0.1) is 11.5 Å². The van der Waals surface area contributed by atoms with Crippen molar-refractivity contribution in [2.45, 2.75) is 50.4 Å². The second kappa shape index (κ2) is 7.49. The maximum Gasteiger partial charge on any atom is 0.268 e. The average Bonchev–Trinajstić information content (AvgIpc) is 3.02. The number of aliphatic hydroxyl groups is 1. The minimum absolute atomic E-state index is 0.216. The highest BCUT2D eigenvalue weighted by atomic mass is 32.2. The third-order valence-electron chi connectivity index (χ3n) is 4.73. The zero-order valence-electron chi connectivity index (χ0n) is 17.5. The Bertz CT molecular complexity index is 1200. The van der Waals surface area contributed by atoms with Crippen molar-refractivity contribution in [2.24, 2.45) is 0 Å². The highest BCUT2D eigenvalue weighted by Crippen LogP contribution is 2.34. The summed E-state index contributed by atoms with van der Waals surface area (Å²) < 4.78 is 27.9. The molecule has 6 heteroatoms. The Labute approximate surface area is 174 Å². The first-order chi connectivity index (χ1) is 13.4. The SMILES string of the molecule is Cc1ccc(S(=O)(=O)n2cc([C@](C)(O)CC#C[Si](C)(C)C)c3ccccc32)cc1. The molecule has 0 saturated heterocycles. The molecule has 1 N–H and O–H groups in total. The van der Waals surface area contributed by atoms with E-state index in [1.54, 1.807) is 43.3 Å². The van der Waals surface area contributed by atoms with Crippen LogP contribution in [0.3, 0.4) is 0 Å². The second-order valence-corrected chi connectivity index (χ2v) is 15.2. The van der Waals surface area contributed by atoms with Crippen molar-refractivity contribution < 1.29 is 13.5 Å². The van der Waals surface area contributed by atoms with Gasteiger partial charge in [0, 0.05) is 23.6 Å². The topological polar surface area (TPSA) is 59.3 Å². The lowest BCUT2D eigenvalue weighted by Gasteiger charge is -2.20. The van der Waals surface area contributed by atoms with E-state index in [0.29, 0.717) is 16.5 Å². The number of para-hydroxylation sites is 1. The van der Waals surface area contributed by atoms with Gasteiger partial charge in [-0.05, 0) is 32.0 Å². The molecule has 0 bridgehead atoms. The zero-order chi connectivity index (χ0) is 21.4. The van der Waals surface area contributed by atoms with Crippen molar-refractivity contribution in [1.82, 2.24) is 3.97 Å². The molecule has 0 fully saturated rings. The van der Waals surface area contributed by atoms with Crippen LogP contribution in [-0.2, 0) is 15.6 Å². The molecule has 0 aliphatic carbocycles. The number of aromatic nitrogens is 1. The first-order valence-electron chi connectivity index (χ1n) is 9.57. The van der Waals surface area contributed by atoms with Crippen molar-refractivity contribution in [3.63, 3.8) is 0 Å². The quantitative estimate of drug-likeness (QED) is 0.488. The summed E-state index contributed by atoms with van der Waals surface area (Å²) in [5.41, 5.74) is 4.10. The number of benzene rings is 2. The van der Waals surface area contributed by atoms with Crippen molar-refractivity contribution >= 4 is 29.0 Å². The summed E-state index contributed by atoms with van der Waals surface area (Å²) in [6.07, 6.45) is 1.78. The predicted octanol–water partition coefficient (Wildman–Crippen LogP) is 4.67. The summed E-state index contributed by atoms with van der Waals surface area (Å²) in [5.74, 6) is 3.12. The highest BCUT2D eigenvalue weighted by molar-refractivity contribution is 7.90. The molecule has 0 aliphatic heterocycles. The summed E-state index contributed by atoms with van der Waals surface area (Å²) in [6.45, 7) is 10.0. The van der Waals surface area contributed by atoms with E-state index in [1.807, 2.05) is 19.1 Å². The average molecular weight is 426 g/mol. The van der Waals surface area contributed by atoms with Crippen molar-refractivity contribution in [2.75, 3.05) is 0 Å². The molecule has 0 amide bonds. The van der Waals surface area contributed by atoms with Crippen LogP contribution < -0.4 is 0 Å². The molecule has 4 nitrogen and oxygen atoms in total. The van der Waals surface area contributed by atoms with Gasteiger partial charge in [0.15, 0.2) is 0 Å². The van der Waals surface area contributed by atoms with E-state index in [-0.39, 0.29) is 11.3 Å². The Morgan fingerprint density at radius 3 is 2.31 bits per heavy atom. The molecular weight excluding hydrogens is 398 g/mol. The van der Waals surface area contributed by atoms with Crippen LogP contribution in [0.1, 0.15) is 24.5 Å². The summed E-state index contributed by atoms with van der Waals surface area (Å²) in [4.78, 5) is 0.216. The third kappa shape index (κ3) is 4.48. The number of hydrogen-bond acceptors (Lipinski definition) is 3. The van der Waals surface area contributed by atoms with Gasteiger partial charge in [-0.2, -0.15) is 0 Å². The van der Waals surface area contributed by atoms with Gasteiger partial charge in [0.2, 0.25) is 0 Å². The molecule has 29 heavy (non-hydrogen) atoms. The number of fused-ring (bicyclic) bond motifs is 1. The van der Waals surface area contributed by atoms with Crippen molar-refractivity contribution in [3.8, 4) is 11.5 Å². The number of aryl methyl sites for hydroxylation is 1. The lowest BCUT2D eigenvalue weighted by atomic mass is 9.92. The Balaban J connectivity index is 2.15. The predicted molar refractivity (Wildman–Crippen MR) is 121 cm³/mol. The highest BCUT2D eigenvalue weighted by Gasteiger charge is 2.30. The number of hydrogen-bond donors (Lipinski definition) is 1. The minimum atomic E-state index is -3.79. The fourth-order valence-corrected chi connectivity index (χ4v) is 5.17. The number of nitrogens with zero attached hydrogens (tertiary/aromatic N) is 1. The van der Waals surface area contributed by atoms with Gasteiger partial charge < -0.3 is 5.11 Å². The first kappa shape index (κ1) is 21.4. The van der Waals surface area contributed by atoms with E-state index >= 15 is 0 Å². The molecule has 152 valence electrons. The van der Waals surface area contributed by atoms with Crippen LogP contribution in [0, 0.1) is 18.4 Å². The Hall–Kier alpha value is -2.33. The van der Waals surface area contributed by atoms with Crippen LogP contribution in [0.25, 0.3) is 10.9 Å². The largest absolute Gasteiger partial charge is 0.384 e. The van der Waals surface area contributed by atoms with E-state index in [4.69, 9.17) is 0 Å². The zero-order valence-corrected chi connectivity index (χ0v) is 19.3. The second-order valence-electron chi connectivity index (χ2n) is 8.68. The fraction of sp³-hybridized carbons (Fsp3) is 0.304. The lowest BCUT2D eigenvalue weighted by Crippen LogP contribution is -2.22. The van der Waals surface area contributed by atoms with Gasteiger partial charge in [-0.1, -0.05) is 55.5 Å². The molecule has 3 aromatic rings. The fourth-order valence-electron chi connectivity index (χ4n) is 3.18. The van der Waals surface area contributed by atoms with Crippen LogP contribution in [0.5, 0.6) is 0 Å². The molecule has 0 saturated carbocycles.